The fraction of sp³-hybridized carbons (Fsp3) is 0.565. The van der Waals surface area contributed by atoms with E-state index in [0.29, 0.717) is 31.4 Å². The molecule has 10 heteroatoms. The summed E-state index contributed by atoms with van der Waals surface area (Å²) >= 11 is 6.29. The molecule has 182 valence electrons. The zero-order chi connectivity index (χ0) is 24.7. The number of carbonyl (C=O) groups is 4. The van der Waals surface area contributed by atoms with Gasteiger partial charge in [-0.3, -0.25) is 19.7 Å². The molecule has 0 spiro atoms. The van der Waals surface area contributed by atoms with Crippen LogP contribution < -0.4 is 15.4 Å². The van der Waals surface area contributed by atoms with Crippen LogP contribution >= 0.6 is 11.6 Å². The van der Waals surface area contributed by atoms with Crippen molar-refractivity contribution in [3.63, 3.8) is 0 Å². The molecule has 0 radical (unpaired) electrons. The first kappa shape index (κ1) is 26.6. The normalized spacial score (nSPS) is 17.7. The summed E-state index contributed by atoms with van der Waals surface area (Å²) in [7, 11) is 0. The van der Waals surface area contributed by atoms with E-state index in [1.165, 1.54) is 0 Å². The standard InChI is InChI=1S/C23H32ClN3O6/c1-13(2)21(26-22(31)17-8-7-16(11-18(17)24)33-14(3)4)23(32)27-9-5-6-19(27)25-15(12-28)10-20(29)30/h7-8,11-15,19,21,25H,5-6,9-10H2,1-4H3,(H,26,31)(H,29,30)/t15-,19-,21-/m0/s1. The number of nitrogens with zero attached hydrogens (tertiary/aromatic N) is 1. The molecule has 1 aliphatic heterocycles. The second kappa shape index (κ2) is 12.0. The number of carbonyl (C=O) groups excluding carboxylic acids is 3. The van der Waals surface area contributed by atoms with Crippen molar-refractivity contribution < 1.29 is 29.0 Å². The van der Waals surface area contributed by atoms with Gasteiger partial charge in [-0.2, -0.15) is 0 Å². The van der Waals surface area contributed by atoms with Crippen molar-refractivity contribution in [2.45, 2.75) is 71.3 Å². The molecule has 1 aromatic carbocycles. The van der Waals surface area contributed by atoms with Crippen LogP contribution in [0, 0.1) is 5.92 Å². The number of halogens is 1. The summed E-state index contributed by atoms with van der Waals surface area (Å²) in [6.45, 7) is 7.85. The van der Waals surface area contributed by atoms with Gasteiger partial charge in [0.05, 0.1) is 35.3 Å². The first-order valence-electron chi connectivity index (χ1n) is 11.0. The van der Waals surface area contributed by atoms with Gasteiger partial charge in [-0.1, -0.05) is 25.4 Å². The van der Waals surface area contributed by atoms with Crippen molar-refractivity contribution in [1.29, 1.82) is 0 Å². The molecule has 0 aliphatic carbocycles. The van der Waals surface area contributed by atoms with Crippen molar-refractivity contribution in [3.8, 4) is 5.75 Å². The number of amides is 2. The quantitative estimate of drug-likeness (QED) is 0.414. The Hall–Kier alpha value is -2.65. The second-order valence-corrected chi connectivity index (χ2v) is 9.11. The number of nitrogens with one attached hydrogen (secondary N) is 2. The van der Waals surface area contributed by atoms with Crippen LogP contribution in [0.2, 0.25) is 5.02 Å². The molecule has 1 aromatic rings. The summed E-state index contributed by atoms with van der Waals surface area (Å²) in [6.07, 6.45) is 0.912. The van der Waals surface area contributed by atoms with E-state index in [-0.39, 0.29) is 34.9 Å². The Morgan fingerprint density at radius 1 is 1.27 bits per heavy atom. The number of carboxylic acids is 1. The topological polar surface area (TPSA) is 125 Å². The number of aliphatic carboxylic acids is 1. The van der Waals surface area contributed by atoms with Crippen molar-refractivity contribution in [2.24, 2.45) is 5.92 Å². The zero-order valence-electron chi connectivity index (χ0n) is 19.3. The smallest absolute Gasteiger partial charge is 0.305 e. The van der Waals surface area contributed by atoms with E-state index in [1.54, 1.807) is 23.1 Å². The predicted octanol–water partition coefficient (Wildman–Crippen LogP) is 2.46. The van der Waals surface area contributed by atoms with E-state index in [9.17, 15) is 19.2 Å². The molecule has 3 atom stereocenters. The lowest BCUT2D eigenvalue weighted by Gasteiger charge is -2.32. The van der Waals surface area contributed by atoms with E-state index < -0.39 is 30.1 Å². The summed E-state index contributed by atoms with van der Waals surface area (Å²) in [5.41, 5.74) is 0.227. The third-order valence-electron chi connectivity index (χ3n) is 5.28. The first-order chi connectivity index (χ1) is 15.5. The number of hydrogen-bond acceptors (Lipinski definition) is 6. The van der Waals surface area contributed by atoms with Crippen LogP contribution in [-0.4, -0.2) is 65.0 Å². The largest absolute Gasteiger partial charge is 0.491 e. The van der Waals surface area contributed by atoms with Gasteiger partial charge in [-0.15, -0.1) is 0 Å². The highest BCUT2D eigenvalue weighted by Crippen LogP contribution is 2.24. The van der Waals surface area contributed by atoms with Gasteiger partial charge in [0, 0.05) is 6.54 Å². The summed E-state index contributed by atoms with van der Waals surface area (Å²) in [4.78, 5) is 50.0. The highest BCUT2D eigenvalue weighted by Gasteiger charge is 2.36. The molecule has 1 heterocycles. The summed E-state index contributed by atoms with van der Waals surface area (Å²) in [5, 5.41) is 14.9. The number of aldehydes is 1. The van der Waals surface area contributed by atoms with Crippen LogP contribution in [0.1, 0.15) is 57.3 Å². The zero-order valence-corrected chi connectivity index (χ0v) is 20.1. The van der Waals surface area contributed by atoms with E-state index in [2.05, 4.69) is 10.6 Å². The molecule has 1 fully saturated rings. The highest BCUT2D eigenvalue weighted by molar-refractivity contribution is 6.34. The van der Waals surface area contributed by atoms with Gasteiger partial charge >= 0.3 is 5.97 Å². The molecule has 9 nitrogen and oxygen atoms in total. The van der Waals surface area contributed by atoms with E-state index in [0.717, 1.165) is 0 Å². The number of ether oxygens (including phenoxy) is 1. The maximum absolute atomic E-state index is 13.3. The monoisotopic (exact) mass is 481 g/mol. The third kappa shape index (κ3) is 7.43. The van der Waals surface area contributed by atoms with Gasteiger partial charge in [-0.05, 0) is 50.8 Å². The lowest BCUT2D eigenvalue weighted by atomic mass is 10.0. The number of rotatable bonds is 11. The van der Waals surface area contributed by atoms with Crippen molar-refractivity contribution in [2.75, 3.05) is 6.54 Å². The molecule has 33 heavy (non-hydrogen) atoms. The van der Waals surface area contributed by atoms with Gasteiger partial charge in [-0.25, -0.2) is 0 Å². The van der Waals surface area contributed by atoms with Crippen LogP contribution in [0.3, 0.4) is 0 Å². The van der Waals surface area contributed by atoms with E-state index in [1.807, 2.05) is 27.7 Å². The molecule has 0 unspecified atom stereocenters. The lowest BCUT2D eigenvalue weighted by molar-refractivity contribution is -0.139. The van der Waals surface area contributed by atoms with Crippen molar-refractivity contribution >= 4 is 35.7 Å². The minimum absolute atomic E-state index is 0.0417. The Morgan fingerprint density at radius 2 is 1.97 bits per heavy atom. The second-order valence-electron chi connectivity index (χ2n) is 8.70. The molecule has 3 N–H and O–H groups in total. The van der Waals surface area contributed by atoms with Crippen LogP contribution in [0.25, 0.3) is 0 Å². The molecule has 1 aliphatic rings. The Balaban J connectivity index is 2.14. The minimum atomic E-state index is -1.11. The summed E-state index contributed by atoms with van der Waals surface area (Å²) in [5.74, 6) is -1.57. The van der Waals surface area contributed by atoms with Gasteiger partial charge < -0.3 is 24.9 Å². The number of carboxylic acid groups (broad SMARTS) is 1. The van der Waals surface area contributed by atoms with Crippen LogP contribution in [0.5, 0.6) is 5.75 Å². The SMILES string of the molecule is CC(C)Oc1ccc(C(=O)N[C@H](C(=O)N2CCC[C@H]2N[C@H](C=O)CC(=O)O)C(C)C)c(Cl)c1. The number of hydrogen-bond donors (Lipinski definition) is 3. The Morgan fingerprint density at radius 3 is 2.52 bits per heavy atom. The van der Waals surface area contributed by atoms with E-state index in [4.69, 9.17) is 21.4 Å². The van der Waals surface area contributed by atoms with Crippen LogP contribution in [-0.2, 0) is 14.4 Å². The van der Waals surface area contributed by atoms with Gasteiger partial charge in [0.25, 0.3) is 5.91 Å². The molecule has 1 saturated heterocycles. The summed E-state index contributed by atoms with van der Waals surface area (Å²) < 4.78 is 5.59. The minimum Gasteiger partial charge on any atom is -0.491 e. The fourth-order valence-electron chi connectivity index (χ4n) is 3.72. The van der Waals surface area contributed by atoms with E-state index >= 15 is 0 Å². The molecule has 0 aromatic heterocycles. The molecular formula is C23H32ClN3O6. The number of likely N-dealkylation sites (tertiary alicyclic amines) is 1. The van der Waals surface area contributed by atoms with Gasteiger partial charge in [0.2, 0.25) is 5.91 Å². The van der Waals surface area contributed by atoms with Gasteiger partial charge in [0.15, 0.2) is 0 Å². The van der Waals surface area contributed by atoms with Crippen LogP contribution in [0.4, 0.5) is 0 Å². The molecule has 0 saturated carbocycles. The number of benzene rings is 1. The van der Waals surface area contributed by atoms with Crippen molar-refractivity contribution in [3.05, 3.63) is 28.8 Å². The average molecular weight is 482 g/mol. The first-order valence-corrected chi connectivity index (χ1v) is 11.4. The Labute approximate surface area is 198 Å². The van der Waals surface area contributed by atoms with Gasteiger partial charge in [0.1, 0.15) is 18.1 Å². The third-order valence-corrected chi connectivity index (χ3v) is 5.59. The molecule has 2 amide bonds. The summed E-state index contributed by atoms with van der Waals surface area (Å²) in [6, 6.07) is 3.04. The van der Waals surface area contributed by atoms with Crippen molar-refractivity contribution in [1.82, 2.24) is 15.5 Å². The van der Waals surface area contributed by atoms with Crippen LogP contribution in [0.15, 0.2) is 18.2 Å². The Kier molecular flexibility index (Phi) is 9.67. The molecule has 0 bridgehead atoms. The molecule has 2 rings (SSSR count). The Bertz CT molecular complexity index is 876. The molecular weight excluding hydrogens is 450 g/mol. The maximum atomic E-state index is 13.3. The highest BCUT2D eigenvalue weighted by atomic mass is 35.5. The maximum Gasteiger partial charge on any atom is 0.305 e. The lowest BCUT2D eigenvalue weighted by Crippen LogP contribution is -2.56. The average Bonchev–Trinajstić information content (AvgIpc) is 3.18. The predicted molar refractivity (Wildman–Crippen MR) is 123 cm³/mol. The fourth-order valence-corrected chi connectivity index (χ4v) is 3.98.